The summed E-state index contributed by atoms with van der Waals surface area (Å²) in [5, 5.41) is 12.3. The van der Waals surface area contributed by atoms with Gasteiger partial charge in [0.1, 0.15) is 22.4 Å². The quantitative estimate of drug-likeness (QED) is 0.359. The van der Waals surface area contributed by atoms with Crippen LogP contribution in [0.3, 0.4) is 0 Å². The van der Waals surface area contributed by atoms with E-state index >= 15 is 0 Å². The van der Waals surface area contributed by atoms with E-state index in [1.807, 2.05) is 32.9 Å². The van der Waals surface area contributed by atoms with E-state index in [1.54, 1.807) is 48.2 Å². The van der Waals surface area contributed by atoms with E-state index in [0.29, 0.717) is 39.7 Å². The highest BCUT2D eigenvalue weighted by molar-refractivity contribution is 9.10. The van der Waals surface area contributed by atoms with Gasteiger partial charge in [-0.05, 0) is 79.7 Å². The summed E-state index contributed by atoms with van der Waals surface area (Å²) >= 11 is 5.11. The third kappa shape index (κ3) is 4.96. The summed E-state index contributed by atoms with van der Waals surface area (Å²) in [7, 11) is 0. The lowest BCUT2D eigenvalue weighted by Crippen LogP contribution is -2.23. The zero-order valence-electron chi connectivity index (χ0n) is 19.6. The summed E-state index contributed by atoms with van der Waals surface area (Å²) in [6.07, 6.45) is 3.30. The van der Waals surface area contributed by atoms with Gasteiger partial charge in [0.05, 0.1) is 17.1 Å². The van der Waals surface area contributed by atoms with Gasteiger partial charge in [0, 0.05) is 34.6 Å². The Hall–Kier alpha value is -2.88. The Bertz CT molecular complexity index is 1420. The second-order valence-electron chi connectivity index (χ2n) is 8.64. The highest BCUT2D eigenvalue weighted by atomic mass is 79.9. The second kappa shape index (κ2) is 9.40. The Balaban J connectivity index is 1.73. The van der Waals surface area contributed by atoms with E-state index in [-0.39, 0.29) is 5.56 Å². The molecule has 176 valence electrons. The molecule has 4 heterocycles. The SMILES string of the molecule is Cc1cc(COc2cc(C)n(-c3cc(-c4ccnc(C(C)(C)O)n4)ncc3C)c(=O)c2Br)cs1. The van der Waals surface area contributed by atoms with Crippen molar-refractivity contribution < 1.29 is 9.84 Å². The zero-order valence-corrected chi connectivity index (χ0v) is 22.0. The molecule has 4 aromatic rings. The van der Waals surface area contributed by atoms with E-state index in [0.717, 1.165) is 16.8 Å². The Morgan fingerprint density at radius 2 is 1.91 bits per heavy atom. The fourth-order valence-corrected chi connectivity index (χ4v) is 4.61. The van der Waals surface area contributed by atoms with Crippen molar-refractivity contribution in [1.82, 2.24) is 19.5 Å². The Morgan fingerprint density at radius 3 is 2.59 bits per heavy atom. The summed E-state index contributed by atoms with van der Waals surface area (Å²) in [5.41, 5.74) is 3.05. The molecule has 0 saturated heterocycles. The number of aryl methyl sites for hydroxylation is 3. The number of aliphatic hydroxyl groups is 1. The van der Waals surface area contributed by atoms with Crippen molar-refractivity contribution in [2.24, 2.45) is 0 Å². The van der Waals surface area contributed by atoms with Gasteiger partial charge in [0.2, 0.25) is 0 Å². The molecular weight excluding hydrogens is 516 g/mol. The number of hydrogen-bond acceptors (Lipinski definition) is 7. The van der Waals surface area contributed by atoms with E-state index in [9.17, 15) is 9.90 Å². The summed E-state index contributed by atoms with van der Waals surface area (Å²) < 4.78 is 7.94. The monoisotopic (exact) mass is 540 g/mol. The van der Waals surface area contributed by atoms with Crippen LogP contribution < -0.4 is 10.3 Å². The van der Waals surface area contributed by atoms with Crippen LogP contribution in [0.1, 0.15) is 41.4 Å². The van der Waals surface area contributed by atoms with Gasteiger partial charge in [-0.15, -0.1) is 11.3 Å². The van der Waals surface area contributed by atoms with Crippen LogP contribution in [0.15, 0.2) is 51.3 Å². The molecule has 34 heavy (non-hydrogen) atoms. The molecule has 0 aliphatic heterocycles. The molecule has 0 amide bonds. The number of nitrogens with zero attached hydrogens (tertiary/aromatic N) is 4. The van der Waals surface area contributed by atoms with Gasteiger partial charge < -0.3 is 9.84 Å². The number of aromatic nitrogens is 4. The number of hydrogen-bond donors (Lipinski definition) is 1. The smallest absolute Gasteiger partial charge is 0.273 e. The van der Waals surface area contributed by atoms with Gasteiger partial charge >= 0.3 is 0 Å². The van der Waals surface area contributed by atoms with Crippen molar-refractivity contribution in [2.75, 3.05) is 0 Å². The first kappa shape index (κ1) is 24.3. The summed E-state index contributed by atoms with van der Waals surface area (Å²) in [6.45, 7) is 9.46. The lowest BCUT2D eigenvalue weighted by molar-refractivity contribution is 0.0688. The molecule has 0 aromatic carbocycles. The number of ether oxygens (including phenoxy) is 1. The summed E-state index contributed by atoms with van der Waals surface area (Å²) in [6, 6.07) is 7.47. The molecular formula is C25H25BrN4O3S. The van der Waals surface area contributed by atoms with Crippen molar-refractivity contribution in [3.05, 3.63) is 84.4 Å². The number of halogens is 1. The lowest BCUT2D eigenvalue weighted by Gasteiger charge is -2.18. The molecule has 0 spiro atoms. The van der Waals surface area contributed by atoms with Crippen molar-refractivity contribution in [3.63, 3.8) is 0 Å². The van der Waals surface area contributed by atoms with Gasteiger partial charge in [0.25, 0.3) is 5.56 Å². The van der Waals surface area contributed by atoms with Gasteiger partial charge in [-0.25, -0.2) is 9.97 Å². The van der Waals surface area contributed by atoms with Gasteiger partial charge in [0.15, 0.2) is 5.82 Å². The molecule has 4 aromatic heterocycles. The normalized spacial score (nSPS) is 11.6. The standard InChI is InChI=1S/C25H25BrN4O3S/c1-14-11-28-19(18-6-7-27-24(29-18)25(4,5)32)10-20(14)30-15(2)8-21(22(26)23(30)31)33-12-17-9-16(3)34-13-17/h6-11,13,32H,12H2,1-5H3. The van der Waals surface area contributed by atoms with Gasteiger partial charge in [-0.3, -0.25) is 14.3 Å². The third-order valence-electron chi connectivity index (χ3n) is 5.26. The number of pyridine rings is 2. The largest absolute Gasteiger partial charge is 0.487 e. The molecule has 0 unspecified atom stereocenters. The Morgan fingerprint density at radius 1 is 1.15 bits per heavy atom. The van der Waals surface area contributed by atoms with E-state index < -0.39 is 5.60 Å². The van der Waals surface area contributed by atoms with Crippen LogP contribution in [-0.4, -0.2) is 24.6 Å². The van der Waals surface area contributed by atoms with Crippen LogP contribution in [0.25, 0.3) is 17.1 Å². The van der Waals surface area contributed by atoms with Gasteiger partial charge in [-0.2, -0.15) is 0 Å². The number of thiophene rings is 1. The van der Waals surface area contributed by atoms with Crippen molar-refractivity contribution in [3.8, 4) is 22.8 Å². The molecule has 7 nitrogen and oxygen atoms in total. The molecule has 0 radical (unpaired) electrons. The predicted octanol–water partition coefficient (Wildman–Crippen LogP) is 5.25. The number of rotatable bonds is 6. The van der Waals surface area contributed by atoms with Crippen LogP contribution in [-0.2, 0) is 12.2 Å². The molecule has 0 bridgehead atoms. The Labute approximate surface area is 210 Å². The maximum atomic E-state index is 13.4. The highest BCUT2D eigenvalue weighted by Crippen LogP contribution is 2.28. The van der Waals surface area contributed by atoms with E-state index in [1.165, 1.54) is 4.88 Å². The average Bonchev–Trinajstić information content (AvgIpc) is 3.21. The molecule has 0 atom stereocenters. The highest BCUT2D eigenvalue weighted by Gasteiger charge is 2.21. The van der Waals surface area contributed by atoms with Crippen LogP contribution in [0.2, 0.25) is 0 Å². The fraction of sp³-hybridized carbons (Fsp3) is 0.280. The minimum Gasteiger partial charge on any atom is -0.487 e. The summed E-state index contributed by atoms with van der Waals surface area (Å²) in [4.78, 5) is 27.7. The van der Waals surface area contributed by atoms with Crippen molar-refractivity contribution >= 4 is 27.3 Å². The fourth-order valence-electron chi connectivity index (χ4n) is 3.51. The first-order valence-corrected chi connectivity index (χ1v) is 12.3. The van der Waals surface area contributed by atoms with Crippen LogP contribution >= 0.6 is 27.3 Å². The first-order valence-electron chi connectivity index (χ1n) is 10.7. The third-order valence-corrected chi connectivity index (χ3v) is 6.90. The molecule has 4 rings (SSSR count). The van der Waals surface area contributed by atoms with E-state index in [2.05, 4.69) is 42.3 Å². The minimum absolute atomic E-state index is 0.225. The molecule has 1 N–H and O–H groups in total. The van der Waals surface area contributed by atoms with Gasteiger partial charge in [-0.1, -0.05) is 0 Å². The molecule has 0 aliphatic rings. The summed E-state index contributed by atoms with van der Waals surface area (Å²) in [5.74, 6) is 0.799. The molecule has 0 aliphatic carbocycles. The second-order valence-corrected chi connectivity index (χ2v) is 10.5. The topological polar surface area (TPSA) is 90.1 Å². The maximum absolute atomic E-state index is 13.4. The Kier molecular flexibility index (Phi) is 6.71. The molecule has 0 saturated carbocycles. The minimum atomic E-state index is -1.18. The average molecular weight is 541 g/mol. The molecule has 9 heteroatoms. The zero-order chi connectivity index (χ0) is 24.6. The lowest BCUT2D eigenvalue weighted by atomic mass is 10.1. The van der Waals surface area contributed by atoms with Crippen molar-refractivity contribution in [1.29, 1.82) is 0 Å². The van der Waals surface area contributed by atoms with Crippen molar-refractivity contribution in [2.45, 2.75) is 46.8 Å². The van der Waals surface area contributed by atoms with E-state index in [4.69, 9.17) is 4.74 Å². The first-order chi connectivity index (χ1) is 16.0. The maximum Gasteiger partial charge on any atom is 0.273 e. The van der Waals surface area contributed by atoms with Crippen LogP contribution in [0.4, 0.5) is 0 Å². The van der Waals surface area contributed by atoms with Crippen LogP contribution in [0, 0.1) is 20.8 Å². The molecule has 0 fully saturated rings. The van der Waals surface area contributed by atoms with Crippen LogP contribution in [0.5, 0.6) is 5.75 Å². The predicted molar refractivity (Wildman–Crippen MR) is 137 cm³/mol.